The molecule has 0 unspecified atom stereocenters. The van der Waals surface area contributed by atoms with Gasteiger partial charge in [-0.3, -0.25) is 4.79 Å². The lowest BCUT2D eigenvalue weighted by atomic mass is 9.78. The van der Waals surface area contributed by atoms with Crippen LogP contribution in [0.1, 0.15) is 39.4 Å². The van der Waals surface area contributed by atoms with E-state index in [4.69, 9.17) is 0 Å². The number of aryl methyl sites for hydroxylation is 1. The number of Topliss-reactive ketones (excluding diaryl/α,β-unsaturated/α-hetero) is 1. The standard InChI is InChI=1S/C19H13Br2F3O/c20-18(21)15(12-5-7-13(8-6-12)19(22,23)24)17(18)10-9-11-3-1-2-4-14(11)16(17)25/h1-8,15H,9-10H2/t15-,17+/m1/s1. The second-order valence-corrected chi connectivity index (χ2v) is 10.2. The molecule has 2 aliphatic carbocycles. The normalized spacial score (nSPS) is 27.2. The van der Waals surface area contributed by atoms with Crippen LogP contribution in [0.15, 0.2) is 48.5 Å². The third-order valence-corrected chi connectivity index (χ3v) is 7.72. The summed E-state index contributed by atoms with van der Waals surface area (Å²) in [5.41, 5.74) is 1.13. The minimum Gasteiger partial charge on any atom is -0.293 e. The average Bonchev–Trinajstić information content (AvgIpc) is 3.06. The van der Waals surface area contributed by atoms with E-state index >= 15 is 0 Å². The number of rotatable bonds is 1. The van der Waals surface area contributed by atoms with Gasteiger partial charge in [-0.1, -0.05) is 68.3 Å². The lowest BCUT2D eigenvalue weighted by Gasteiger charge is -2.25. The first-order valence-corrected chi connectivity index (χ1v) is 9.46. The highest BCUT2D eigenvalue weighted by molar-refractivity contribution is 9.25. The van der Waals surface area contributed by atoms with Gasteiger partial charge in [0, 0.05) is 11.5 Å². The summed E-state index contributed by atoms with van der Waals surface area (Å²) in [5.74, 6) is -0.156. The van der Waals surface area contributed by atoms with Crippen molar-refractivity contribution in [2.24, 2.45) is 5.41 Å². The smallest absolute Gasteiger partial charge is 0.293 e. The van der Waals surface area contributed by atoms with Gasteiger partial charge >= 0.3 is 6.18 Å². The van der Waals surface area contributed by atoms with Gasteiger partial charge in [-0.15, -0.1) is 0 Å². The number of ketones is 1. The molecule has 0 aromatic heterocycles. The molecule has 130 valence electrons. The molecule has 2 aromatic rings. The number of carbonyl (C=O) groups excluding carboxylic acids is 1. The average molecular weight is 474 g/mol. The third-order valence-electron chi connectivity index (χ3n) is 5.39. The molecule has 25 heavy (non-hydrogen) atoms. The highest BCUT2D eigenvalue weighted by Gasteiger charge is 2.78. The summed E-state index contributed by atoms with van der Waals surface area (Å²) >= 11 is 7.26. The molecule has 1 nitrogen and oxygen atoms in total. The number of benzene rings is 2. The largest absolute Gasteiger partial charge is 0.416 e. The van der Waals surface area contributed by atoms with Gasteiger partial charge in [0.2, 0.25) is 0 Å². The molecule has 6 heteroatoms. The van der Waals surface area contributed by atoms with Crippen LogP contribution in [-0.4, -0.2) is 9.02 Å². The Morgan fingerprint density at radius 1 is 1.00 bits per heavy atom. The van der Waals surface area contributed by atoms with Crippen molar-refractivity contribution in [1.82, 2.24) is 0 Å². The molecule has 0 heterocycles. The van der Waals surface area contributed by atoms with Crippen LogP contribution in [0.3, 0.4) is 0 Å². The fraction of sp³-hybridized carbons (Fsp3) is 0.316. The van der Waals surface area contributed by atoms with E-state index in [0.29, 0.717) is 12.0 Å². The Labute approximate surface area is 159 Å². The molecule has 0 radical (unpaired) electrons. The monoisotopic (exact) mass is 472 g/mol. The number of hydrogen-bond donors (Lipinski definition) is 0. The maximum absolute atomic E-state index is 13.2. The third kappa shape index (κ3) is 2.36. The molecule has 0 saturated heterocycles. The van der Waals surface area contributed by atoms with E-state index in [1.165, 1.54) is 12.1 Å². The van der Waals surface area contributed by atoms with Gasteiger partial charge in [0.1, 0.15) is 3.23 Å². The Hall–Kier alpha value is -1.14. The summed E-state index contributed by atoms with van der Waals surface area (Å²) < 4.78 is 37.7. The summed E-state index contributed by atoms with van der Waals surface area (Å²) in [6.07, 6.45) is -2.93. The van der Waals surface area contributed by atoms with Crippen LogP contribution in [0, 0.1) is 5.41 Å². The van der Waals surface area contributed by atoms with Gasteiger partial charge in [-0.25, -0.2) is 0 Å². The maximum atomic E-state index is 13.2. The zero-order valence-electron chi connectivity index (χ0n) is 12.9. The molecule has 0 amide bonds. The lowest BCUT2D eigenvalue weighted by molar-refractivity contribution is -0.137. The molecular weight excluding hydrogens is 461 g/mol. The molecule has 1 fully saturated rings. The van der Waals surface area contributed by atoms with Crippen molar-refractivity contribution in [2.45, 2.75) is 28.2 Å². The van der Waals surface area contributed by atoms with Crippen LogP contribution >= 0.6 is 31.9 Å². The highest BCUT2D eigenvalue weighted by Crippen LogP contribution is 2.79. The van der Waals surface area contributed by atoms with Crippen molar-refractivity contribution in [1.29, 1.82) is 0 Å². The van der Waals surface area contributed by atoms with Crippen LogP contribution in [0.4, 0.5) is 13.2 Å². The van der Waals surface area contributed by atoms with E-state index in [9.17, 15) is 18.0 Å². The Morgan fingerprint density at radius 2 is 1.64 bits per heavy atom. The summed E-state index contributed by atoms with van der Waals surface area (Å²) in [7, 11) is 0. The number of alkyl halides is 5. The molecular formula is C19H13Br2F3O. The number of hydrogen-bond acceptors (Lipinski definition) is 1. The van der Waals surface area contributed by atoms with Crippen LogP contribution in [0.2, 0.25) is 0 Å². The van der Waals surface area contributed by atoms with Crippen molar-refractivity contribution in [2.75, 3.05) is 0 Å². The van der Waals surface area contributed by atoms with E-state index < -0.39 is 20.4 Å². The van der Waals surface area contributed by atoms with E-state index in [2.05, 4.69) is 31.9 Å². The SMILES string of the molecule is O=C1c2ccccc2CC[C@]12[C@@H](c1ccc(C(F)(F)F)cc1)C2(Br)Br. The Morgan fingerprint density at radius 3 is 2.28 bits per heavy atom. The highest BCUT2D eigenvalue weighted by atomic mass is 79.9. The molecule has 2 atom stereocenters. The minimum absolute atomic E-state index is 0.0491. The van der Waals surface area contributed by atoms with E-state index in [1.807, 2.05) is 24.3 Å². The fourth-order valence-electron chi connectivity index (χ4n) is 4.05. The van der Waals surface area contributed by atoms with Gasteiger partial charge in [-0.2, -0.15) is 13.2 Å². The lowest BCUT2D eigenvalue weighted by Crippen LogP contribution is -2.28. The van der Waals surface area contributed by atoms with Crippen LogP contribution < -0.4 is 0 Å². The van der Waals surface area contributed by atoms with E-state index in [1.54, 1.807) is 0 Å². The van der Waals surface area contributed by atoms with Gasteiger partial charge < -0.3 is 0 Å². The zero-order chi connectivity index (χ0) is 18.0. The summed E-state index contributed by atoms with van der Waals surface area (Å²) in [4.78, 5) is 13.2. The molecule has 0 aliphatic heterocycles. The first-order chi connectivity index (χ1) is 11.7. The maximum Gasteiger partial charge on any atom is 0.416 e. The Balaban J connectivity index is 1.72. The number of halogens is 5. The van der Waals surface area contributed by atoms with Gasteiger partial charge in [0.05, 0.1) is 11.0 Å². The molecule has 1 spiro atoms. The van der Waals surface area contributed by atoms with Crippen molar-refractivity contribution in [3.8, 4) is 0 Å². The van der Waals surface area contributed by atoms with Crippen LogP contribution in [0.5, 0.6) is 0 Å². The van der Waals surface area contributed by atoms with Gasteiger partial charge in [0.15, 0.2) is 5.78 Å². The quantitative estimate of drug-likeness (QED) is 0.457. The molecule has 2 aliphatic rings. The fourth-order valence-corrected chi connectivity index (χ4v) is 6.35. The van der Waals surface area contributed by atoms with Crippen LogP contribution in [0.25, 0.3) is 0 Å². The van der Waals surface area contributed by atoms with Crippen molar-refractivity contribution in [3.05, 3.63) is 70.8 Å². The zero-order valence-corrected chi connectivity index (χ0v) is 16.1. The molecule has 2 aromatic carbocycles. The van der Waals surface area contributed by atoms with Crippen molar-refractivity contribution < 1.29 is 18.0 Å². The second-order valence-electron chi connectivity index (χ2n) is 6.63. The molecule has 0 N–H and O–H groups in total. The van der Waals surface area contributed by atoms with E-state index in [0.717, 1.165) is 29.7 Å². The number of fused-ring (bicyclic) bond motifs is 1. The van der Waals surface area contributed by atoms with E-state index in [-0.39, 0.29) is 11.7 Å². The predicted octanol–water partition coefficient (Wildman–Crippen LogP) is 6.10. The minimum atomic E-state index is -4.36. The number of carbonyl (C=O) groups is 1. The summed E-state index contributed by atoms with van der Waals surface area (Å²) in [6.45, 7) is 0. The van der Waals surface area contributed by atoms with Crippen molar-refractivity contribution >= 4 is 37.6 Å². The first-order valence-electron chi connectivity index (χ1n) is 7.87. The summed E-state index contributed by atoms with van der Waals surface area (Å²) in [5, 5.41) is 0. The van der Waals surface area contributed by atoms with Gasteiger partial charge in [0.25, 0.3) is 0 Å². The molecule has 4 rings (SSSR count). The van der Waals surface area contributed by atoms with Crippen LogP contribution in [-0.2, 0) is 12.6 Å². The van der Waals surface area contributed by atoms with Gasteiger partial charge in [-0.05, 0) is 36.1 Å². The second kappa shape index (κ2) is 5.43. The van der Waals surface area contributed by atoms with Crippen molar-refractivity contribution in [3.63, 3.8) is 0 Å². The Bertz CT molecular complexity index is 858. The Kier molecular flexibility index (Phi) is 3.75. The first kappa shape index (κ1) is 17.3. The topological polar surface area (TPSA) is 17.1 Å². The molecule has 0 bridgehead atoms. The summed E-state index contributed by atoms with van der Waals surface area (Å²) in [6, 6.07) is 12.7. The predicted molar refractivity (Wildman–Crippen MR) is 96.3 cm³/mol. The molecule has 1 saturated carbocycles.